The van der Waals surface area contributed by atoms with E-state index >= 15 is 0 Å². The summed E-state index contributed by atoms with van der Waals surface area (Å²) in [6.45, 7) is 0. The monoisotopic (exact) mass is 252 g/mol. The first-order valence-corrected chi connectivity index (χ1v) is 5.41. The zero-order valence-electron chi connectivity index (χ0n) is 8.00. The summed E-state index contributed by atoms with van der Waals surface area (Å²) in [5.41, 5.74) is 1.28. The fraction of sp³-hybridized carbons (Fsp3) is 0. The molecule has 0 aliphatic heterocycles. The first kappa shape index (κ1) is 9.82. The van der Waals surface area contributed by atoms with Gasteiger partial charge in [-0.3, -0.25) is 0 Å². The standard InChI is InChI=1S/C12H6Cl2O2/c13-9-4-8-7-2-1-6(15)3-11(7)16-12(8)5-10(9)14/h1-5,15H. The normalized spacial score (nSPS) is 11.4. The molecule has 1 N–H and O–H groups in total. The van der Waals surface area contributed by atoms with Crippen molar-refractivity contribution in [3.8, 4) is 5.75 Å². The van der Waals surface area contributed by atoms with Crippen molar-refractivity contribution in [2.75, 3.05) is 0 Å². The highest BCUT2D eigenvalue weighted by Gasteiger charge is 2.10. The van der Waals surface area contributed by atoms with Crippen LogP contribution in [0.3, 0.4) is 0 Å². The lowest BCUT2D eigenvalue weighted by Crippen LogP contribution is -1.69. The molecule has 0 aliphatic carbocycles. The molecule has 0 saturated heterocycles. The number of rotatable bonds is 0. The summed E-state index contributed by atoms with van der Waals surface area (Å²) in [7, 11) is 0. The van der Waals surface area contributed by atoms with Crippen LogP contribution >= 0.6 is 23.2 Å². The minimum atomic E-state index is 0.170. The third kappa shape index (κ3) is 1.34. The Morgan fingerprint density at radius 1 is 0.875 bits per heavy atom. The van der Waals surface area contributed by atoms with Gasteiger partial charge in [0.25, 0.3) is 0 Å². The van der Waals surface area contributed by atoms with Crippen LogP contribution in [0.25, 0.3) is 21.9 Å². The van der Waals surface area contributed by atoms with Crippen molar-refractivity contribution in [2.24, 2.45) is 0 Å². The van der Waals surface area contributed by atoms with Crippen LogP contribution in [0.1, 0.15) is 0 Å². The van der Waals surface area contributed by atoms with Gasteiger partial charge in [0.1, 0.15) is 16.9 Å². The number of furan rings is 1. The number of hydrogen-bond acceptors (Lipinski definition) is 2. The molecule has 2 aromatic carbocycles. The van der Waals surface area contributed by atoms with Crippen molar-refractivity contribution in [3.63, 3.8) is 0 Å². The van der Waals surface area contributed by atoms with Crippen LogP contribution in [0.2, 0.25) is 10.0 Å². The third-order valence-electron chi connectivity index (χ3n) is 2.50. The molecule has 3 aromatic rings. The maximum Gasteiger partial charge on any atom is 0.139 e. The van der Waals surface area contributed by atoms with E-state index in [9.17, 15) is 5.11 Å². The van der Waals surface area contributed by atoms with Crippen LogP contribution in [-0.2, 0) is 0 Å². The molecule has 3 rings (SSSR count). The smallest absolute Gasteiger partial charge is 0.139 e. The number of aromatic hydroxyl groups is 1. The fourth-order valence-electron chi connectivity index (χ4n) is 1.76. The number of phenolic OH excluding ortho intramolecular Hbond substituents is 1. The molecule has 0 saturated carbocycles. The van der Waals surface area contributed by atoms with Gasteiger partial charge in [-0.1, -0.05) is 23.2 Å². The Morgan fingerprint density at radius 3 is 2.38 bits per heavy atom. The highest BCUT2D eigenvalue weighted by atomic mass is 35.5. The van der Waals surface area contributed by atoms with E-state index in [2.05, 4.69) is 0 Å². The summed E-state index contributed by atoms with van der Waals surface area (Å²) in [5.74, 6) is 0.170. The molecule has 1 aromatic heterocycles. The molecule has 2 nitrogen and oxygen atoms in total. The summed E-state index contributed by atoms with van der Waals surface area (Å²) >= 11 is 11.9. The van der Waals surface area contributed by atoms with Crippen molar-refractivity contribution in [1.82, 2.24) is 0 Å². The lowest BCUT2D eigenvalue weighted by Gasteiger charge is -1.94. The van der Waals surface area contributed by atoms with E-state index in [0.29, 0.717) is 21.2 Å². The van der Waals surface area contributed by atoms with E-state index in [-0.39, 0.29) is 5.75 Å². The quantitative estimate of drug-likeness (QED) is 0.635. The molecule has 0 radical (unpaired) electrons. The number of phenols is 1. The maximum atomic E-state index is 9.35. The summed E-state index contributed by atoms with van der Waals surface area (Å²) < 4.78 is 5.57. The Hall–Kier alpha value is -1.38. The van der Waals surface area contributed by atoms with Gasteiger partial charge in [0.2, 0.25) is 0 Å². The van der Waals surface area contributed by atoms with Crippen LogP contribution in [0, 0.1) is 0 Å². The summed E-state index contributed by atoms with van der Waals surface area (Å²) in [6, 6.07) is 8.41. The molecule has 0 amide bonds. The molecule has 0 spiro atoms. The van der Waals surface area contributed by atoms with Gasteiger partial charge in [0, 0.05) is 22.9 Å². The van der Waals surface area contributed by atoms with Gasteiger partial charge in [-0.05, 0) is 18.2 Å². The average molecular weight is 253 g/mol. The van der Waals surface area contributed by atoms with Gasteiger partial charge in [-0.2, -0.15) is 0 Å². The van der Waals surface area contributed by atoms with Gasteiger partial charge < -0.3 is 9.52 Å². The lowest BCUT2D eigenvalue weighted by atomic mass is 10.1. The first-order chi connectivity index (χ1) is 7.65. The Morgan fingerprint density at radius 2 is 1.56 bits per heavy atom. The van der Waals surface area contributed by atoms with Crippen molar-refractivity contribution in [3.05, 3.63) is 40.4 Å². The molecule has 1 heterocycles. The zero-order valence-corrected chi connectivity index (χ0v) is 9.51. The number of halogens is 2. The van der Waals surface area contributed by atoms with E-state index in [1.807, 2.05) is 0 Å². The minimum absolute atomic E-state index is 0.170. The van der Waals surface area contributed by atoms with Gasteiger partial charge in [0.15, 0.2) is 0 Å². The van der Waals surface area contributed by atoms with Gasteiger partial charge in [0.05, 0.1) is 10.0 Å². The number of benzene rings is 2. The number of fused-ring (bicyclic) bond motifs is 3. The molecule has 0 aliphatic rings. The molecule has 0 bridgehead atoms. The molecular weight excluding hydrogens is 247 g/mol. The van der Waals surface area contributed by atoms with Gasteiger partial charge >= 0.3 is 0 Å². The van der Waals surface area contributed by atoms with Crippen LogP contribution in [0.5, 0.6) is 5.75 Å². The second-order valence-corrected chi connectivity index (χ2v) is 4.36. The average Bonchev–Trinajstić information content (AvgIpc) is 2.55. The van der Waals surface area contributed by atoms with Crippen molar-refractivity contribution in [2.45, 2.75) is 0 Å². The second-order valence-electron chi connectivity index (χ2n) is 3.55. The minimum Gasteiger partial charge on any atom is -0.508 e. The summed E-state index contributed by atoms with van der Waals surface area (Å²) in [4.78, 5) is 0. The molecule has 4 heteroatoms. The molecule has 80 valence electrons. The van der Waals surface area contributed by atoms with Crippen LogP contribution in [0.4, 0.5) is 0 Å². The predicted molar refractivity (Wildman–Crippen MR) is 65.4 cm³/mol. The van der Waals surface area contributed by atoms with Crippen LogP contribution in [0.15, 0.2) is 34.7 Å². The van der Waals surface area contributed by atoms with E-state index in [4.69, 9.17) is 27.6 Å². The van der Waals surface area contributed by atoms with Crippen molar-refractivity contribution >= 4 is 45.1 Å². The largest absolute Gasteiger partial charge is 0.508 e. The van der Waals surface area contributed by atoms with Crippen molar-refractivity contribution < 1.29 is 9.52 Å². The SMILES string of the molecule is Oc1ccc2c(c1)oc1cc(Cl)c(Cl)cc12. The Labute approximate surface area is 101 Å². The van der Waals surface area contributed by atoms with Crippen molar-refractivity contribution in [1.29, 1.82) is 0 Å². The molecular formula is C12H6Cl2O2. The Bertz CT molecular complexity index is 701. The Balaban J connectivity index is 2.51. The second kappa shape index (κ2) is 3.30. The van der Waals surface area contributed by atoms with Gasteiger partial charge in [-0.15, -0.1) is 0 Å². The highest BCUT2D eigenvalue weighted by Crippen LogP contribution is 2.35. The molecule has 0 fully saturated rings. The zero-order chi connectivity index (χ0) is 11.3. The molecule has 16 heavy (non-hydrogen) atoms. The topological polar surface area (TPSA) is 33.4 Å². The van der Waals surface area contributed by atoms with E-state index < -0.39 is 0 Å². The Kier molecular flexibility index (Phi) is 2.03. The first-order valence-electron chi connectivity index (χ1n) is 4.65. The van der Waals surface area contributed by atoms with Gasteiger partial charge in [-0.25, -0.2) is 0 Å². The highest BCUT2D eigenvalue weighted by molar-refractivity contribution is 6.43. The van der Waals surface area contributed by atoms with Crippen LogP contribution < -0.4 is 0 Å². The van der Waals surface area contributed by atoms with E-state index in [1.165, 1.54) is 0 Å². The summed E-state index contributed by atoms with van der Waals surface area (Å²) in [6.07, 6.45) is 0. The molecule has 0 unspecified atom stereocenters. The molecule has 0 atom stereocenters. The predicted octanol–water partition coefficient (Wildman–Crippen LogP) is 4.60. The fourth-order valence-corrected chi connectivity index (χ4v) is 2.08. The number of hydrogen-bond donors (Lipinski definition) is 1. The van der Waals surface area contributed by atoms with E-state index in [1.54, 1.807) is 30.3 Å². The third-order valence-corrected chi connectivity index (χ3v) is 3.22. The van der Waals surface area contributed by atoms with Crippen LogP contribution in [-0.4, -0.2) is 5.11 Å². The lowest BCUT2D eigenvalue weighted by molar-refractivity contribution is 0.475. The van der Waals surface area contributed by atoms with E-state index in [0.717, 1.165) is 10.8 Å². The maximum absolute atomic E-state index is 9.35. The summed E-state index contributed by atoms with van der Waals surface area (Å²) in [5, 5.41) is 12.1.